The van der Waals surface area contributed by atoms with E-state index < -0.39 is 10.1 Å². The van der Waals surface area contributed by atoms with Crippen molar-refractivity contribution in [3.63, 3.8) is 0 Å². The Morgan fingerprint density at radius 2 is 1.06 bits per heavy atom. The van der Waals surface area contributed by atoms with Crippen LogP contribution in [0.4, 0.5) is 0 Å². The van der Waals surface area contributed by atoms with E-state index >= 15 is 0 Å². The molecule has 4 saturated carbocycles. The van der Waals surface area contributed by atoms with Crippen LogP contribution in [0, 0.1) is 35.5 Å². The Morgan fingerprint density at radius 3 is 1.51 bits per heavy atom. The highest BCUT2D eigenvalue weighted by molar-refractivity contribution is 7.89. The molecule has 0 aromatic rings. The molecule has 0 radical (unpaired) electrons. The number of rotatable bonds is 8. The number of hydrogen-bond acceptors (Lipinski definition) is 2. The molecule has 1 N–H and O–H groups in total. The summed E-state index contributed by atoms with van der Waals surface area (Å²) in [4.78, 5) is 0.449. The lowest BCUT2D eigenvalue weighted by atomic mass is 9.65. The van der Waals surface area contributed by atoms with Gasteiger partial charge in [-0.05, 0) is 79.3 Å². The first-order valence-corrected chi connectivity index (χ1v) is 16.7. The summed E-state index contributed by atoms with van der Waals surface area (Å²) in [5.74, 6) is 1.83. The summed E-state index contributed by atoms with van der Waals surface area (Å²) in [5.41, 5.74) is 2.10. The van der Waals surface area contributed by atoms with Crippen LogP contribution < -0.4 is 0 Å². The van der Waals surface area contributed by atoms with Crippen molar-refractivity contribution in [2.75, 3.05) is 0 Å². The Labute approximate surface area is 216 Å². The molecule has 0 aliphatic heterocycles. The Kier molecular flexibility index (Phi) is 10.0. The van der Waals surface area contributed by atoms with E-state index in [1.807, 2.05) is 0 Å². The maximum Gasteiger partial charge on any atom is 0.291 e. The second-order valence-electron chi connectivity index (χ2n) is 12.6. The van der Waals surface area contributed by atoms with Crippen LogP contribution in [0.15, 0.2) is 22.6 Å². The molecular formula is C31H52O3S. The van der Waals surface area contributed by atoms with Gasteiger partial charge >= 0.3 is 0 Å². The molecule has 0 spiro atoms. The quantitative estimate of drug-likeness (QED) is 0.265. The van der Waals surface area contributed by atoms with Crippen molar-refractivity contribution in [1.82, 2.24) is 0 Å². The van der Waals surface area contributed by atoms with Crippen molar-refractivity contribution in [2.45, 2.75) is 135 Å². The standard InChI is InChI=1S/C31H52O3S/c1-23(25-15-7-3-8-16-25)29(27-19-11-5-12-20-27)31(35(32,33)34)30(28-21-13-6-14-22-28)24(2)26-17-9-4-10-18-26/h24-28,30H,1,3-22H2,2H3,(H,32,33,34)/b31-29-. The third-order valence-corrected chi connectivity index (χ3v) is 11.5. The van der Waals surface area contributed by atoms with Crippen molar-refractivity contribution in [2.24, 2.45) is 35.5 Å². The second-order valence-corrected chi connectivity index (χ2v) is 14.0. The first-order chi connectivity index (χ1) is 16.9. The fourth-order valence-electron chi connectivity index (χ4n) is 8.50. The van der Waals surface area contributed by atoms with Gasteiger partial charge in [-0.15, -0.1) is 0 Å². The van der Waals surface area contributed by atoms with Gasteiger partial charge in [0.15, 0.2) is 0 Å². The number of hydrogen-bond donors (Lipinski definition) is 1. The van der Waals surface area contributed by atoms with Crippen LogP contribution in [0.3, 0.4) is 0 Å². The third kappa shape index (κ3) is 6.83. The van der Waals surface area contributed by atoms with Gasteiger partial charge in [0, 0.05) is 5.92 Å². The van der Waals surface area contributed by atoms with Gasteiger partial charge in [0.05, 0.1) is 4.91 Å². The normalized spacial score (nSPS) is 27.3. The Balaban J connectivity index is 1.84. The first-order valence-electron chi connectivity index (χ1n) is 15.3. The van der Waals surface area contributed by atoms with Crippen LogP contribution >= 0.6 is 0 Å². The molecule has 0 saturated heterocycles. The maximum atomic E-state index is 13.5. The lowest BCUT2D eigenvalue weighted by Gasteiger charge is -2.42. The Hall–Kier alpha value is -0.610. The van der Waals surface area contributed by atoms with E-state index in [0.717, 1.165) is 62.5 Å². The van der Waals surface area contributed by atoms with Crippen LogP contribution in [0.2, 0.25) is 0 Å². The molecule has 3 nitrogen and oxygen atoms in total. The topological polar surface area (TPSA) is 54.4 Å². The average molecular weight is 505 g/mol. The van der Waals surface area contributed by atoms with Crippen molar-refractivity contribution >= 4 is 10.1 Å². The summed E-state index contributed by atoms with van der Waals surface area (Å²) in [6, 6.07) is 0. The molecule has 0 aromatic carbocycles. The van der Waals surface area contributed by atoms with Gasteiger partial charge in [0.1, 0.15) is 0 Å². The summed E-state index contributed by atoms with van der Waals surface area (Å²) >= 11 is 0. The highest BCUT2D eigenvalue weighted by Crippen LogP contribution is 2.50. The maximum absolute atomic E-state index is 13.5. The third-order valence-electron chi connectivity index (χ3n) is 10.4. The van der Waals surface area contributed by atoms with E-state index in [9.17, 15) is 13.0 Å². The first kappa shape index (κ1) is 27.4. The van der Waals surface area contributed by atoms with E-state index in [1.165, 1.54) is 77.0 Å². The number of allylic oxidation sites excluding steroid dienone is 3. The average Bonchev–Trinajstić information content (AvgIpc) is 2.89. The smallest absolute Gasteiger partial charge is 0.282 e. The Morgan fingerprint density at radius 1 is 0.657 bits per heavy atom. The van der Waals surface area contributed by atoms with Crippen molar-refractivity contribution in [3.05, 3.63) is 22.6 Å². The zero-order valence-electron chi connectivity index (χ0n) is 22.5. The lowest BCUT2D eigenvalue weighted by molar-refractivity contribution is 0.146. The van der Waals surface area contributed by atoms with Crippen LogP contribution in [0.5, 0.6) is 0 Å². The molecule has 35 heavy (non-hydrogen) atoms. The van der Waals surface area contributed by atoms with E-state index in [1.54, 1.807) is 0 Å². The molecule has 200 valence electrons. The predicted octanol–water partition coefficient (Wildman–Crippen LogP) is 9.26. The molecular weight excluding hydrogens is 452 g/mol. The highest BCUT2D eigenvalue weighted by Gasteiger charge is 2.43. The summed E-state index contributed by atoms with van der Waals surface area (Å²) in [6.45, 7) is 6.99. The lowest BCUT2D eigenvalue weighted by Crippen LogP contribution is -2.35. The van der Waals surface area contributed by atoms with Crippen LogP contribution in [-0.4, -0.2) is 13.0 Å². The molecule has 4 fully saturated rings. The molecule has 4 heteroatoms. The second kappa shape index (κ2) is 12.8. The molecule has 2 atom stereocenters. The summed E-state index contributed by atoms with van der Waals surface area (Å²) in [6.07, 6.45) is 23.8. The zero-order chi connectivity index (χ0) is 24.8. The minimum Gasteiger partial charge on any atom is -0.282 e. The predicted molar refractivity (Wildman–Crippen MR) is 147 cm³/mol. The van der Waals surface area contributed by atoms with Crippen LogP contribution in [0.25, 0.3) is 0 Å². The molecule has 4 aliphatic carbocycles. The molecule has 0 bridgehead atoms. The van der Waals surface area contributed by atoms with Gasteiger partial charge in [-0.25, -0.2) is 0 Å². The largest absolute Gasteiger partial charge is 0.291 e. The fraction of sp³-hybridized carbons (Fsp3) is 0.871. The fourth-order valence-corrected chi connectivity index (χ4v) is 9.83. The van der Waals surface area contributed by atoms with Crippen LogP contribution in [0.1, 0.15) is 135 Å². The van der Waals surface area contributed by atoms with Crippen LogP contribution in [-0.2, 0) is 10.1 Å². The summed E-state index contributed by atoms with van der Waals surface area (Å²) in [7, 11) is -4.31. The van der Waals surface area contributed by atoms with E-state index in [2.05, 4.69) is 13.5 Å². The zero-order valence-corrected chi connectivity index (χ0v) is 23.3. The molecule has 0 heterocycles. The van der Waals surface area contributed by atoms with E-state index in [-0.39, 0.29) is 11.8 Å². The minimum absolute atomic E-state index is 0.0503. The Bertz CT molecular complexity index is 817. The van der Waals surface area contributed by atoms with Crippen molar-refractivity contribution in [1.29, 1.82) is 0 Å². The van der Waals surface area contributed by atoms with Gasteiger partial charge in [0.2, 0.25) is 0 Å². The highest BCUT2D eigenvalue weighted by atomic mass is 32.2. The molecule has 2 unspecified atom stereocenters. The van der Waals surface area contributed by atoms with Gasteiger partial charge in [0.25, 0.3) is 10.1 Å². The molecule has 0 aromatic heterocycles. The van der Waals surface area contributed by atoms with Gasteiger partial charge in [-0.2, -0.15) is 8.42 Å². The SMILES string of the molecule is C=C(/C(=C(\C(C1CCCCC1)C(C)C1CCCCC1)S(=O)(=O)O)C1CCCCC1)C1CCCCC1. The summed E-state index contributed by atoms with van der Waals surface area (Å²) in [5, 5.41) is 0. The van der Waals surface area contributed by atoms with Gasteiger partial charge in [-0.1, -0.05) is 103 Å². The molecule has 4 rings (SSSR count). The van der Waals surface area contributed by atoms with E-state index in [0.29, 0.717) is 28.6 Å². The monoisotopic (exact) mass is 504 g/mol. The van der Waals surface area contributed by atoms with Crippen molar-refractivity contribution in [3.8, 4) is 0 Å². The van der Waals surface area contributed by atoms with E-state index in [4.69, 9.17) is 0 Å². The van der Waals surface area contributed by atoms with Crippen molar-refractivity contribution < 1.29 is 13.0 Å². The molecule has 0 amide bonds. The summed E-state index contributed by atoms with van der Waals surface area (Å²) < 4.78 is 38.1. The minimum atomic E-state index is -4.31. The van der Waals surface area contributed by atoms with Gasteiger partial charge < -0.3 is 0 Å². The molecule has 4 aliphatic rings. The van der Waals surface area contributed by atoms with Gasteiger partial charge in [-0.3, -0.25) is 4.55 Å².